The molecule has 22 heavy (non-hydrogen) atoms. The van der Waals surface area contributed by atoms with Crippen LogP contribution in [0.2, 0.25) is 0 Å². The third-order valence-corrected chi connectivity index (χ3v) is 3.72. The molecule has 0 aliphatic heterocycles. The number of nitrogens with two attached hydrogens (primary N) is 1. The van der Waals surface area contributed by atoms with Crippen molar-refractivity contribution in [1.82, 2.24) is 5.32 Å². The van der Waals surface area contributed by atoms with E-state index in [-0.39, 0.29) is 24.3 Å². The Hall–Kier alpha value is -2.37. The Kier molecular flexibility index (Phi) is 4.49. The van der Waals surface area contributed by atoms with Gasteiger partial charge in [0.25, 0.3) is 5.91 Å². The van der Waals surface area contributed by atoms with Gasteiger partial charge in [-0.15, -0.1) is 0 Å². The van der Waals surface area contributed by atoms with Crippen molar-refractivity contribution in [3.8, 4) is 0 Å². The quantitative estimate of drug-likeness (QED) is 0.737. The Balaban J connectivity index is 1.90. The van der Waals surface area contributed by atoms with E-state index in [2.05, 4.69) is 10.6 Å². The first-order valence-corrected chi connectivity index (χ1v) is 7.28. The Labute approximate surface area is 129 Å². The van der Waals surface area contributed by atoms with Crippen LogP contribution in [0.15, 0.2) is 24.3 Å². The first-order chi connectivity index (χ1) is 10.3. The van der Waals surface area contributed by atoms with E-state index in [1.54, 1.807) is 38.1 Å². The minimum Gasteiger partial charge on any atom is -0.369 e. The van der Waals surface area contributed by atoms with Crippen molar-refractivity contribution in [2.24, 2.45) is 17.1 Å². The first kappa shape index (κ1) is 16.0. The summed E-state index contributed by atoms with van der Waals surface area (Å²) in [6.45, 7) is 3.51. The highest BCUT2D eigenvalue weighted by molar-refractivity contribution is 5.97. The average Bonchev–Trinajstić information content (AvgIpc) is 3.30. The Bertz CT molecular complexity index is 589. The fourth-order valence-corrected chi connectivity index (χ4v) is 1.79. The van der Waals surface area contributed by atoms with E-state index in [4.69, 9.17) is 5.73 Å². The van der Waals surface area contributed by atoms with Crippen LogP contribution < -0.4 is 16.4 Å². The number of hydrogen-bond donors (Lipinski definition) is 3. The molecule has 118 valence electrons. The average molecular weight is 303 g/mol. The normalized spacial score (nSPS) is 14.3. The number of carbonyl (C=O) groups excluding carboxylic acids is 3. The fourth-order valence-electron chi connectivity index (χ4n) is 1.79. The van der Waals surface area contributed by atoms with E-state index in [0.717, 1.165) is 12.8 Å². The van der Waals surface area contributed by atoms with Crippen LogP contribution in [0.3, 0.4) is 0 Å². The van der Waals surface area contributed by atoms with Crippen molar-refractivity contribution in [1.29, 1.82) is 0 Å². The molecular formula is C16H21N3O3. The van der Waals surface area contributed by atoms with Crippen LogP contribution in [0.5, 0.6) is 0 Å². The van der Waals surface area contributed by atoms with Gasteiger partial charge in [0, 0.05) is 23.7 Å². The van der Waals surface area contributed by atoms with Gasteiger partial charge in [0.2, 0.25) is 11.8 Å². The Morgan fingerprint density at radius 2 is 1.77 bits per heavy atom. The third kappa shape index (κ3) is 4.07. The van der Waals surface area contributed by atoms with Crippen LogP contribution >= 0.6 is 0 Å². The molecule has 1 aromatic carbocycles. The van der Waals surface area contributed by atoms with Crippen LogP contribution in [0.25, 0.3) is 0 Å². The van der Waals surface area contributed by atoms with Gasteiger partial charge in [-0.2, -0.15) is 0 Å². The first-order valence-electron chi connectivity index (χ1n) is 7.28. The topological polar surface area (TPSA) is 101 Å². The molecule has 0 bridgehead atoms. The number of nitrogens with one attached hydrogen (secondary N) is 2. The molecule has 1 aliphatic rings. The molecule has 6 nitrogen and oxygen atoms in total. The van der Waals surface area contributed by atoms with Gasteiger partial charge < -0.3 is 16.4 Å². The molecular weight excluding hydrogens is 282 g/mol. The van der Waals surface area contributed by atoms with Crippen molar-refractivity contribution in [3.63, 3.8) is 0 Å². The summed E-state index contributed by atoms with van der Waals surface area (Å²) in [5, 5.41) is 5.49. The minimum absolute atomic E-state index is 0.0282. The lowest BCUT2D eigenvalue weighted by Gasteiger charge is -2.20. The van der Waals surface area contributed by atoms with Crippen LogP contribution in [0.1, 0.15) is 37.0 Å². The molecule has 3 amide bonds. The second-order valence-electron chi connectivity index (χ2n) is 6.27. The van der Waals surface area contributed by atoms with Crippen molar-refractivity contribution in [2.75, 3.05) is 11.9 Å². The second-order valence-corrected chi connectivity index (χ2v) is 6.27. The summed E-state index contributed by atoms with van der Waals surface area (Å²) >= 11 is 0. The number of rotatable bonds is 6. The van der Waals surface area contributed by atoms with Gasteiger partial charge in [-0.25, -0.2) is 0 Å². The van der Waals surface area contributed by atoms with Gasteiger partial charge in [-0.1, -0.05) is 0 Å². The molecule has 1 aliphatic carbocycles. The van der Waals surface area contributed by atoms with Gasteiger partial charge in [-0.3, -0.25) is 14.4 Å². The van der Waals surface area contributed by atoms with Crippen LogP contribution in [-0.4, -0.2) is 24.3 Å². The zero-order valence-electron chi connectivity index (χ0n) is 12.8. The lowest BCUT2D eigenvalue weighted by molar-refractivity contribution is -0.125. The lowest BCUT2D eigenvalue weighted by atomic mass is 9.92. The molecule has 0 spiro atoms. The van der Waals surface area contributed by atoms with Crippen LogP contribution in [0, 0.1) is 11.3 Å². The molecule has 1 saturated carbocycles. The molecule has 1 aromatic rings. The summed E-state index contributed by atoms with van der Waals surface area (Å²) in [5.74, 6) is -0.584. The molecule has 1 fully saturated rings. The zero-order chi connectivity index (χ0) is 16.3. The fraction of sp³-hybridized carbons (Fsp3) is 0.438. The second kappa shape index (κ2) is 6.17. The molecule has 4 N–H and O–H groups in total. The molecule has 0 aromatic heterocycles. The van der Waals surface area contributed by atoms with E-state index in [9.17, 15) is 14.4 Å². The molecule has 2 rings (SSSR count). The Morgan fingerprint density at radius 1 is 1.18 bits per heavy atom. The number of hydrogen-bond acceptors (Lipinski definition) is 3. The molecule has 0 atom stereocenters. The van der Waals surface area contributed by atoms with Gasteiger partial charge >= 0.3 is 0 Å². The van der Waals surface area contributed by atoms with E-state index >= 15 is 0 Å². The predicted octanol–water partition coefficient (Wildman–Crippen LogP) is 1.28. The van der Waals surface area contributed by atoms with E-state index in [0.29, 0.717) is 11.3 Å². The smallest absolute Gasteiger partial charge is 0.251 e. The number of carbonyl (C=O) groups is 3. The molecule has 0 saturated heterocycles. The SMILES string of the molecule is CC(C)(CNC(=O)c1ccc(NC(=O)C2CC2)cc1)C(N)=O. The maximum absolute atomic E-state index is 12.0. The number of amides is 3. The van der Waals surface area contributed by atoms with Gasteiger partial charge in [0.15, 0.2) is 0 Å². The van der Waals surface area contributed by atoms with E-state index in [1.165, 1.54) is 0 Å². The number of benzene rings is 1. The summed E-state index contributed by atoms with van der Waals surface area (Å²) in [4.78, 5) is 34.9. The van der Waals surface area contributed by atoms with Crippen molar-refractivity contribution >= 4 is 23.4 Å². The number of primary amides is 1. The summed E-state index contributed by atoms with van der Waals surface area (Å²) in [5.41, 5.74) is 5.60. The summed E-state index contributed by atoms with van der Waals surface area (Å²) in [6.07, 6.45) is 1.89. The van der Waals surface area contributed by atoms with Crippen LogP contribution in [0.4, 0.5) is 5.69 Å². The molecule has 0 radical (unpaired) electrons. The maximum atomic E-state index is 12.0. The van der Waals surface area contributed by atoms with Crippen LogP contribution in [-0.2, 0) is 9.59 Å². The minimum atomic E-state index is -0.798. The van der Waals surface area contributed by atoms with Gasteiger partial charge in [-0.05, 0) is 51.0 Å². The van der Waals surface area contributed by atoms with Gasteiger partial charge in [0.1, 0.15) is 0 Å². The highest BCUT2D eigenvalue weighted by Crippen LogP contribution is 2.30. The zero-order valence-corrected chi connectivity index (χ0v) is 12.8. The Morgan fingerprint density at radius 3 is 2.27 bits per heavy atom. The number of anilines is 1. The summed E-state index contributed by atoms with van der Waals surface area (Å²) in [6, 6.07) is 6.65. The lowest BCUT2D eigenvalue weighted by Crippen LogP contribution is -2.42. The predicted molar refractivity (Wildman–Crippen MR) is 83.1 cm³/mol. The standard InChI is InChI=1S/C16H21N3O3/c1-16(2,15(17)22)9-18-13(20)10-5-7-12(8-6-10)19-14(21)11-3-4-11/h5-8,11H,3-4,9H2,1-2H3,(H2,17,22)(H,18,20)(H,19,21). The van der Waals surface area contributed by atoms with Gasteiger partial charge in [0.05, 0.1) is 5.41 Å². The summed E-state index contributed by atoms with van der Waals surface area (Å²) < 4.78 is 0. The monoisotopic (exact) mass is 303 g/mol. The highest BCUT2D eigenvalue weighted by atomic mass is 16.2. The maximum Gasteiger partial charge on any atom is 0.251 e. The molecule has 6 heteroatoms. The van der Waals surface area contributed by atoms with Crippen molar-refractivity contribution in [3.05, 3.63) is 29.8 Å². The molecule has 0 heterocycles. The van der Waals surface area contributed by atoms with Crippen molar-refractivity contribution < 1.29 is 14.4 Å². The van der Waals surface area contributed by atoms with E-state index < -0.39 is 11.3 Å². The molecule has 0 unspecified atom stereocenters. The van der Waals surface area contributed by atoms with E-state index in [1.807, 2.05) is 0 Å². The summed E-state index contributed by atoms with van der Waals surface area (Å²) in [7, 11) is 0. The highest BCUT2D eigenvalue weighted by Gasteiger charge is 2.29. The largest absolute Gasteiger partial charge is 0.369 e. The van der Waals surface area contributed by atoms with Crippen molar-refractivity contribution in [2.45, 2.75) is 26.7 Å². The third-order valence-electron chi connectivity index (χ3n) is 3.72.